The fraction of sp³-hybridized carbons (Fsp3) is 0. The van der Waals surface area contributed by atoms with Crippen LogP contribution in [0.5, 0.6) is 0 Å². The quantitative estimate of drug-likeness (QED) is 0.550. The fourth-order valence-electron chi connectivity index (χ4n) is 1.15. The maximum absolute atomic E-state index is 5.64. The van der Waals surface area contributed by atoms with E-state index in [0.717, 1.165) is 21.1 Å². The summed E-state index contributed by atoms with van der Waals surface area (Å²) in [6.07, 6.45) is 1.77. The van der Waals surface area contributed by atoms with Crippen molar-refractivity contribution in [3.05, 3.63) is 35.1 Å². The molecule has 2 aromatic rings. The molecule has 0 fully saturated rings. The van der Waals surface area contributed by atoms with Crippen LogP contribution in [0.2, 0.25) is 0 Å². The summed E-state index contributed by atoms with van der Waals surface area (Å²) in [5.41, 5.74) is 6.40. The van der Waals surface area contributed by atoms with Crippen LogP contribution in [0.15, 0.2) is 35.1 Å². The van der Waals surface area contributed by atoms with Gasteiger partial charge in [-0.05, 0) is 39.5 Å². The van der Waals surface area contributed by atoms with Gasteiger partial charge in [0, 0.05) is 17.3 Å². The van der Waals surface area contributed by atoms with Gasteiger partial charge in [0.15, 0.2) is 0 Å². The molecule has 1 heterocycles. The monoisotopic (exact) mass is 222 g/mol. The van der Waals surface area contributed by atoms with E-state index in [1.54, 1.807) is 6.20 Å². The number of hydrogen-bond acceptors (Lipinski definition) is 2. The van der Waals surface area contributed by atoms with E-state index >= 15 is 0 Å². The van der Waals surface area contributed by atoms with Crippen LogP contribution in [-0.2, 0) is 0 Å². The minimum atomic E-state index is 0.760. The Morgan fingerprint density at radius 2 is 2.08 bits per heavy atom. The summed E-state index contributed by atoms with van der Waals surface area (Å²) in [5.74, 6) is 0. The summed E-state index contributed by atoms with van der Waals surface area (Å²) in [4.78, 5) is 4.11. The molecule has 2 rings (SSSR count). The lowest BCUT2D eigenvalue weighted by molar-refractivity contribution is 1.31. The highest BCUT2D eigenvalue weighted by Crippen LogP contribution is 2.23. The first-order valence-electron chi connectivity index (χ1n) is 3.57. The minimum Gasteiger partial charge on any atom is -0.399 e. The summed E-state index contributed by atoms with van der Waals surface area (Å²) < 4.78 is 0.840. The molecule has 0 aliphatic carbocycles. The molecule has 0 radical (unpaired) electrons. The highest BCUT2D eigenvalue weighted by atomic mass is 79.9. The van der Waals surface area contributed by atoms with E-state index in [4.69, 9.17) is 5.73 Å². The molecule has 0 saturated heterocycles. The van der Waals surface area contributed by atoms with Gasteiger partial charge in [-0.2, -0.15) is 0 Å². The van der Waals surface area contributed by atoms with Crippen molar-refractivity contribution in [1.82, 2.24) is 4.98 Å². The predicted molar refractivity (Wildman–Crippen MR) is 53.9 cm³/mol. The standard InChI is InChI=1S/C9H7BrN2/c10-9-8-5-7(11)2-1-6(8)3-4-12-9/h1-5H,11H2. The predicted octanol–water partition coefficient (Wildman–Crippen LogP) is 2.58. The third-order valence-corrected chi connectivity index (χ3v) is 2.37. The van der Waals surface area contributed by atoms with Gasteiger partial charge in [-0.25, -0.2) is 4.98 Å². The Hall–Kier alpha value is -1.09. The number of nitrogens with two attached hydrogens (primary N) is 1. The summed E-state index contributed by atoms with van der Waals surface area (Å²) in [5, 5.41) is 2.20. The summed E-state index contributed by atoms with van der Waals surface area (Å²) in [6, 6.07) is 7.73. The van der Waals surface area contributed by atoms with E-state index in [-0.39, 0.29) is 0 Å². The average molecular weight is 223 g/mol. The molecule has 0 unspecified atom stereocenters. The number of fused-ring (bicyclic) bond motifs is 1. The maximum Gasteiger partial charge on any atom is 0.113 e. The number of nitrogens with zero attached hydrogens (tertiary/aromatic N) is 1. The fourth-order valence-corrected chi connectivity index (χ4v) is 1.61. The highest BCUT2D eigenvalue weighted by molar-refractivity contribution is 9.10. The van der Waals surface area contributed by atoms with Crippen molar-refractivity contribution in [2.45, 2.75) is 0 Å². The summed E-state index contributed by atoms with van der Waals surface area (Å²) in [6.45, 7) is 0. The second-order valence-electron chi connectivity index (χ2n) is 2.58. The van der Waals surface area contributed by atoms with E-state index in [1.165, 1.54) is 0 Å². The molecule has 0 saturated carbocycles. The number of anilines is 1. The number of nitrogen functional groups attached to an aromatic ring is 1. The molecular weight excluding hydrogens is 216 g/mol. The van der Waals surface area contributed by atoms with Crippen LogP contribution in [0.4, 0.5) is 5.69 Å². The molecular formula is C9H7BrN2. The summed E-state index contributed by atoms with van der Waals surface area (Å²) in [7, 11) is 0. The number of rotatable bonds is 0. The SMILES string of the molecule is Nc1ccc2ccnc(Br)c2c1. The first kappa shape index (κ1) is 7.55. The second kappa shape index (κ2) is 2.75. The lowest BCUT2D eigenvalue weighted by atomic mass is 10.2. The minimum absolute atomic E-state index is 0.760. The molecule has 0 bridgehead atoms. The van der Waals surface area contributed by atoms with Crippen LogP contribution < -0.4 is 5.73 Å². The maximum atomic E-state index is 5.64. The molecule has 0 aliphatic rings. The topological polar surface area (TPSA) is 38.9 Å². The van der Waals surface area contributed by atoms with Gasteiger partial charge in [0.25, 0.3) is 0 Å². The van der Waals surface area contributed by atoms with Crippen molar-refractivity contribution < 1.29 is 0 Å². The van der Waals surface area contributed by atoms with Gasteiger partial charge in [0.1, 0.15) is 4.60 Å². The molecule has 1 aromatic carbocycles. The van der Waals surface area contributed by atoms with Crippen molar-refractivity contribution in [3.8, 4) is 0 Å². The Bertz CT molecular complexity index is 426. The second-order valence-corrected chi connectivity index (χ2v) is 3.33. The van der Waals surface area contributed by atoms with Gasteiger partial charge in [-0.1, -0.05) is 6.07 Å². The van der Waals surface area contributed by atoms with Gasteiger partial charge in [-0.3, -0.25) is 0 Å². The zero-order valence-corrected chi connectivity index (χ0v) is 7.88. The molecule has 2 nitrogen and oxygen atoms in total. The van der Waals surface area contributed by atoms with Crippen molar-refractivity contribution in [2.75, 3.05) is 5.73 Å². The average Bonchev–Trinajstić information content (AvgIpc) is 2.07. The number of aromatic nitrogens is 1. The van der Waals surface area contributed by atoms with E-state index in [0.29, 0.717) is 0 Å². The van der Waals surface area contributed by atoms with Crippen LogP contribution in [0.1, 0.15) is 0 Å². The molecule has 0 spiro atoms. The van der Waals surface area contributed by atoms with E-state index < -0.39 is 0 Å². The number of pyridine rings is 1. The number of hydrogen-bond donors (Lipinski definition) is 1. The molecule has 0 aliphatic heterocycles. The highest BCUT2D eigenvalue weighted by Gasteiger charge is 1.98. The van der Waals surface area contributed by atoms with Crippen LogP contribution >= 0.6 is 15.9 Å². The molecule has 2 N–H and O–H groups in total. The first-order valence-corrected chi connectivity index (χ1v) is 4.36. The Balaban J connectivity index is 2.88. The van der Waals surface area contributed by atoms with Crippen LogP contribution in [0.3, 0.4) is 0 Å². The zero-order valence-electron chi connectivity index (χ0n) is 6.29. The normalized spacial score (nSPS) is 10.4. The van der Waals surface area contributed by atoms with Crippen molar-refractivity contribution >= 4 is 32.4 Å². The van der Waals surface area contributed by atoms with Gasteiger partial charge in [-0.15, -0.1) is 0 Å². The van der Waals surface area contributed by atoms with Gasteiger partial charge in [0.2, 0.25) is 0 Å². The molecule has 3 heteroatoms. The third kappa shape index (κ3) is 1.16. The molecule has 0 amide bonds. The summed E-state index contributed by atoms with van der Waals surface area (Å²) >= 11 is 3.36. The molecule has 0 atom stereocenters. The Morgan fingerprint density at radius 3 is 2.92 bits per heavy atom. The smallest absolute Gasteiger partial charge is 0.113 e. The van der Waals surface area contributed by atoms with Crippen molar-refractivity contribution in [3.63, 3.8) is 0 Å². The lowest BCUT2D eigenvalue weighted by Gasteiger charge is -1.99. The van der Waals surface area contributed by atoms with Crippen LogP contribution in [0.25, 0.3) is 10.8 Å². The zero-order chi connectivity index (χ0) is 8.55. The van der Waals surface area contributed by atoms with Gasteiger partial charge >= 0.3 is 0 Å². The van der Waals surface area contributed by atoms with Crippen LogP contribution in [0, 0.1) is 0 Å². The van der Waals surface area contributed by atoms with Gasteiger partial charge in [0.05, 0.1) is 0 Å². The number of benzene rings is 1. The van der Waals surface area contributed by atoms with Crippen LogP contribution in [-0.4, -0.2) is 4.98 Å². The molecule has 1 aromatic heterocycles. The van der Waals surface area contributed by atoms with Crippen molar-refractivity contribution in [1.29, 1.82) is 0 Å². The van der Waals surface area contributed by atoms with Gasteiger partial charge < -0.3 is 5.73 Å². The lowest BCUT2D eigenvalue weighted by Crippen LogP contribution is -1.85. The Kier molecular flexibility index (Phi) is 1.73. The van der Waals surface area contributed by atoms with E-state index in [9.17, 15) is 0 Å². The molecule has 12 heavy (non-hydrogen) atoms. The third-order valence-electron chi connectivity index (χ3n) is 1.74. The van der Waals surface area contributed by atoms with E-state index in [2.05, 4.69) is 20.9 Å². The van der Waals surface area contributed by atoms with Crippen molar-refractivity contribution in [2.24, 2.45) is 0 Å². The Labute approximate surface area is 78.5 Å². The Morgan fingerprint density at radius 1 is 1.25 bits per heavy atom. The number of halogens is 1. The molecule has 60 valence electrons. The van der Waals surface area contributed by atoms with E-state index in [1.807, 2.05) is 24.3 Å². The first-order chi connectivity index (χ1) is 5.77. The largest absolute Gasteiger partial charge is 0.399 e.